The van der Waals surface area contributed by atoms with Crippen LogP contribution in [0.4, 0.5) is 0 Å². The second kappa shape index (κ2) is 9.51. The monoisotopic (exact) mass is 429 g/mol. The van der Waals surface area contributed by atoms with Crippen LogP contribution in [0.15, 0.2) is 59.5 Å². The van der Waals surface area contributed by atoms with Crippen molar-refractivity contribution in [2.45, 2.75) is 46.6 Å². The van der Waals surface area contributed by atoms with E-state index < -0.39 is 0 Å². The van der Waals surface area contributed by atoms with Gasteiger partial charge < -0.3 is 9.47 Å². The van der Waals surface area contributed by atoms with Crippen LogP contribution in [0.1, 0.15) is 58.3 Å². The topological polar surface area (TPSA) is 55.2 Å². The fourth-order valence-electron chi connectivity index (χ4n) is 4.64. The number of pyridine rings is 2. The average molecular weight is 430 g/mol. The summed E-state index contributed by atoms with van der Waals surface area (Å²) in [4.78, 5) is 33.3. The number of hydrogen-bond acceptors (Lipinski definition) is 3. The van der Waals surface area contributed by atoms with Crippen molar-refractivity contribution in [1.82, 2.24) is 14.5 Å². The number of carbonyl (C=O) groups excluding carboxylic acids is 1. The van der Waals surface area contributed by atoms with Gasteiger partial charge in [0.15, 0.2) is 5.43 Å². The molecule has 3 aromatic rings. The molecule has 1 saturated heterocycles. The zero-order valence-electron chi connectivity index (χ0n) is 19.2. The third-order valence-corrected chi connectivity index (χ3v) is 6.45. The number of nitrogens with zero attached hydrogens (tertiary/aromatic N) is 3. The van der Waals surface area contributed by atoms with E-state index in [1.165, 1.54) is 0 Å². The molecule has 2 aromatic heterocycles. The molecule has 4 rings (SSSR count). The lowest BCUT2D eigenvalue weighted by Gasteiger charge is -2.32. The zero-order chi connectivity index (χ0) is 22.7. The van der Waals surface area contributed by atoms with E-state index in [0.717, 1.165) is 41.1 Å². The number of aromatic nitrogens is 2. The maximum Gasteiger partial charge on any atom is 0.259 e. The molecule has 1 aromatic carbocycles. The Balaban J connectivity index is 1.85. The van der Waals surface area contributed by atoms with Crippen LogP contribution < -0.4 is 5.43 Å². The van der Waals surface area contributed by atoms with E-state index >= 15 is 0 Å². The van der Waals surface area contributed by atoms with Crippen LogP contribution in [0, 0.1) is 19.8 Å². The van der Waals surface area contributed by atoms with Gasteiger partial charge >= 0.3 is 0 Å². The van der Waals surface area contributed by atoms with Gasteiger partial charge in [-0.1, -0.05) is 37.3 Å². The molecule has 1 aliphatic heterocycles. The van der Waals surface area contributed by atoms with Crippen molar-refractivity contribution in [3.63, 3.8) is 0 Å². The van der Waals surface area contributed by atoms with Crippen LogP contribution in [0.25, 0.3) is 0 Å². The summed E-state index contributed by atoms with van der Waals surface area (Å²) in [5, 5.41) is 0. The van der Waals surface area contributed by atoms with Crippen molar-refractivity contribution in [2.75, 3.05) is 13.1 Å². The summed E-state index contributed by atoms with van der Waals surface area (Å²) in [5.74, 6) is 0.314. The molecule has 1 amide bonds. The first-order valence-corrected chi connectivity index (χ1v) is 11.4. The normalized spacial score (nSPS) is 16.2. The fourth-order valence-corrected chi connectivity index (χ4v) is 4.64. The lowest BCUT2D eigenvalue weighted by Crippen LogP contribution is -2.42. The fraction of sp³-hybridized carbons (Fsp3) is 0.370. The largest absolute Gasteiger partial charge is 0.342 e. The predicted octanol–water partition coefficient (Wildman–Crippen LogP) is 4.37. The number of carbonyl (C=O) groups is 1. The number of amides is 1. The highest BCUT2D eigenvalue weighted by Crippen LogP contribution is 2.22. The van der Waals surface area contributed by atoms with E-state index in [2.05, 4.69) is 35.5 Å². The lowest BCUT2D eigenvalue weighted by molar-refractivity contribution is 0.0679. The summed E-state index contributed by atoms with van der Waals surface area (Å²) < 4.78 is 2.09. The van der Waals surface area contributed by atoms with E-state index in [0.29, 0.717) is 37.5 Å². The van der Waals surface area contributed by atoms with E-state index in [1.807, 2.05) is 42.2 Å². The average Bonchev–Trinajstić information content (AvgIpc) is 2.78. The standard InChI is InChI=1S/C27H31N3O2/c1-19-9-8-14-29(17-19)27(32)26-24(16-22-11-5-4-10-20(22)2)30(21(3)15-25(26)31)18-23-12-6-7-13-28-23/h4-7,10-13,15,19H,8-9,14,16-18H2,1-3H3. The summed E-state index contributed by atoms with van der Waals surface area (Å²) in [5.41, 5.74) is 4.90. The maximum absolute atomic E-state index is 13.7. The van der Waals surface area contributed by atoms with Gasteiger partial charge in [-0.2, -0.15) is 0 Å². The van der Waals surface area contributed by atoms with Gasteiger partial charge in [0, 0.05) is 43.2 Å². The van der Waals surface area contributed by atoms with Crippen LogP contribution in [0.3, 0.4) is 0 Å². The Kier molecular flexibility index (Phi) is 6.54. The second-order valence-electron chi connectivity index (χ2n) is 8.98. The second-order valence-corrected chi connectivity index (χ2v) is 8.98. The summed E-state index contributed by atoms with van der Waals surface area (Å²) in [6.45, 7) is 8.10. The SMILES string of the molecule is Cc1ccccc1Cc1c(C(=O)N2CCCC(C)C2)c(=O)cc(C)n1Cc1ccccn1. The summed E-state index contributed by atoms with van der Waals surface area (Å²) in [7, 11) is 0. The molecule has 3 heterocycles. The number of rotatable bonds is 5. The van der Waals surface area contributed by atoms with E-state index in [4.69, 9.17) is 0 Å². The van der Waals surface area contributed by atoms with Gasteiger partial charge in [-0.05, 0) is 55.9 Å². The molecule has 1 aliphatic rings. The Hall–Kier alpha value is -3.21. The van der Waals surface area contributed by atoms with Crippen molar-refractivity contribution in [3.05, 3.63) is 98.7 Å². The summed E-state index contributed by atoms with van der Waals surface area (Å²) >= 11 is 0. The Morgan fingerprint density at radius 1 is 1.12 bits per heavy atom. The minimum absolute atomic E-state index is 0.139. The van der Waals surface area contributed by atoms with E-state index in [9.17, 15) is 9.59 Å². The smallest absolute Gasteiger partial charge is 0.259 e. The molecule has 0 N–H and O–H groups in total. The van der Waals surface area contributed by atoms with Crippen molar-refractivity contribution in [2.24, 2.45) is 5.92 Å². The third-order valence-electron chi connectivity index (χ3n) is 6.45. The van der Waals surface area contributed by atoms with Crippen LogP contribution in [0.5, 0.6) is 0 Å². The number of likely N-dealkylation sites (tertiary alicyclic amines) is 1. The van der Waals surface area contributed by atoms with Crippen LogP contribution >= 0.6 is 0 Å². The molecule has 5 heteroatoms. The van der Waals surface area contributed by atoms with E-state index in [1.54, 1.807) is 12.3 Å². The Morgan fingerprint density at radius 3 is 2.62 bits per heavy atom. The van der Waals surface area contributed by atoms with Gasteiger partial charge in [0.1, 0.15) is 5.56 Å². The van der Waals surface area contributed by atoms with Gasteiger partial charge in [-0.15, -0.1) is 0 Å². The van der Waals surface area contributed by atoms with Gasteiger partial charge in [0.2, 0.25) is 0 Å². The Labute approximate surface area is 189 Å². The van der Waals surface area contributed by atoms with Crippen LogP contribution in [-0.2, 0) is 13.0 Å². The number of piperidine rings is 1. The lowest BCUT2D eigenvalue weighted by atomic mass is 9.96. The molecule has 0 radical (unpaired) electrons. The van der Waals surface area contributed by atoms with Crippen LogP contribution in [-0.4, -0.2) is 33.4 Å². The van der Waals surface area contributed by atoms with Gasteiger partial charge in [0.25, 0.3) is 5.91 Å². The van der Waals surface area contributed by atoms with Crippen LogP contribution in [0.2, 0.25) is 0 Å². The van der Waals surface area contributed by atoms with Crippen molar-refractivity contribution in [3.8, 4) is 0 Å². The Bertz CT molecular complexity index is 1170. The first-order chi connectivity index (χ1) is 15.4. The molecule has 0 spiro atoms. The molecule has 1 unspecified atom stereocenters. The van der Waals surface area contributed by atoms with Crippen molar-refractivity contribution < 1.29 is 4.79 Å². The molecule has 1 fully saturated rings. The molecule has 166 valence electrons. The highest BCUT2D eigenvalue weighted by atomic mass is 16.2. The van der Waals surface area contributed by atoms with Crippen molar-refractivity contribution in [1.29, 1.82) is 0 Å². The minimum atomic E-state index is -0.188. The maximum atomic E-state index is 13.7. The summed E-state index contributed by atoms with van der Waals surface area (Å²) in [6, 6.07) is 15.6. The molecule has 32 heavy (non-hydrogen) atoms. The number of hydrogen-bond donors (Lipinski definition) is 0. The van der Waals surface area contributed by atoms with Gasteiger partial charge in [0.05, 0.1) is 12.2 Å². The highest BCUT2D eigenvalue weighted by Gasteiger charge is 2.28. The minimum Gasteiger partial charge on any atom is -0.342 e. The Morgan fingerprint density at radius 2 is 1.91 bits per heavy atom. The third kappa shape index (κ3) is 4.67. The summed E-state index contributed by atoms with van der Waals surface area (Å²) in [6.07, 6.45) is 4.40. The van der Waals surface area contributed by atoms with E-state index in [-0.39, 0.29) is 11.3 Å². The first-order valence-electron chi connectivity index (χ1n) is 11.4. The molecule has 0 saturated carbocycles. The molecular weight excluding hydrogens is 398 g/mol. The number of benzene rings is 1. The molecule has 1 atom stereocenters. The van der Waals surface area contributed by atoms with Crippen molar-refractivity contribution >= 4 is 5.91 Å². The van der Waals surface area contributed by atoms with Gasteiger partial charge in [-0.3, -0.25) is 14.6 Å². The van der Waals surface area contributed by atoms with Gasteiger partial charge in [-0.25, -0.2) is 0 Å². The zero-order valence-corrected chi connectivity index (χ0v) is 19.2. The highest BCUT2D eigenvalue weighted by molar-refractivity contribution is 5.95. The molecule has 0 bridgehead atoms. The molecule has 5 nitrogen and oxygen atoms in total. The molecular formula is C27H31N3O2. The number of aryl methyl sites for hydroxylation is 2. The molecule has 0 aliphatic carbocycles. The predicted molar refractivity (Wildman–Crippen MR) is 127 cm³/mol. The quantitative estimate of drug-likeness (QED) is 0.605. The first kappa shape index (κ1) is 22.0.